The first-order chi connectivity index (χ1) is 11.2. The lowest BCUT2D eigenvalue weighted by molar-refractivity contribution is 0.0883. The molecule has 2 aliphatic rings. The van der Waals surface area contributed by atoms with E-state index in [4.69, 9.17) is 0 Å². The average molecular weight is 317 g/mol. The number of amides is 2. The Hall–Kier alpha value is -1.75. The number of β-amino-alcohol motifs (C(OH)–C–C–N with tert-alkyl or cyclic N) is 1. The van der Waals surface area contributed by atoms with Crippen LogP contribution in [-0.4, -0.2) is 48.3 Å². The van der Waals surface area contributed by atoms with Crippen LogP contribution in [0.1, 0.15) is 38.5 Å². The first-order valence-corrected chi connectivity index (χ1v) is 8.81. The lowest BCUT2D eigenvalue weighted by Crippen LogP contribution is -2.44. The largest absolute Gasteiger partial charge is 0.391 e. The molecule has 0 bridgehead atoms. The molecule has 2 N–H and O–H groups in total. The van der Waals surface area contributed by atoms with Crippen LogP contribution in [0, 0.1) is 0 Å². The van der Waals surface area contributed by atoms with Gasteiger partial charge in [-0.1, -0.05) is 12.8 Å². The highest BCUT2D eigenvalue weighted by Gasteiger charge is 2.22. The quantitative estimate of drug-likeness (QED) is 0.881. The fourth-order valence-corrected chi connectivity index (χ4v) is 3.43. The minimum absolute atomic E-state index is 0.119. The molecule has 0 aromatic heterocycles. The Balaban J connectivity index is 1.57. The van der Waals surface area contributed by atoms with Crippen molar-refractivity contribution in [2.45, 2.75) is 44.6 Å². The van der Waals surface area contributed by atoms with E-state index >= 15 is 0 Å². The van der Waals surface area contributed by atoms with Gasteiger partial charge in [-0.3, -0.25) is 0 Å². The number of nitrogens with zero attached hydrogens (tertiary/aromatic N) is 2. The molecule has 0 aliphatic carbocycles. The number of likely N-dealkylation sites (tertiary alicyclic amines) is 1. The molecule has 1 aromatic rings. The van der Waals surface area contributed by atoms with Gasteiger partial charge in [-0.15, -0.1) is 0 Å². The minimum atomic E-state index is -0.389. The van der Waals surface area contributed by atoms with Gasteiger partial charge in [0.25, 0.3) is 0 Å². The maximum atomic E-state index is 12.2. The van der Waals surface area contributed by atoms with Crippen LogP contribution in [0.4, 0.5) is 16.2 Å². The molecule has 2 heterocycles. The van der Waals surface area contributed by atoms with Crippen LogP contribution in [0.25, 0.3) is 0 Å². The minimum Gasteiger partial charge on any atom is -0.391 e. The molecule has 0 spiro atoms. The zero-order chi connectivity index (χ0) is 16.1. The molecule has 23 heavy (non-hydrogen) atoms. The van der Waals surface area contributed by atoms with Gasteiger partial charge in [0.15, 0.2) is 0 Å². The predicted octanol–water partition coefficient (Wildman–Crippen LogP) is 3.06. The summed E-state index contributed by atoms with van der Waals surface area (Å²) in [5.41, 5.74) is 2.05. The zero-order valence-corrected chi connectivity index (χ0v) is 13.7. The molecule has 0 unspecified atom stereocenters. The lowest BCUT2D eigenvalue weighted by Gasteiger charge is -2.30. The summed E-state index contributed by atoms with van der Waals surface area (Å²) < 4.78 is 0. The number of benzene rings is 1. The smallest absolute Gasteiger partial charge is 0.321 e. The standard InChI is InChI=1S/C18H27N3O2/c22-17-6-5-13-21(14-17)18(23)19-15-7-9-16(10-8-15)20-11-3-1-2-4-12-20/h7-10,17,22H,1-6,11-14H2,(H,19,23)/t17-/m1/s1. The number of rotatable bonds is 2. The fourth-order valence-electron chi connectivity index (χ4n) is 3.43. The number of carbonyl (C=O) groups excluding carboxylic acids is 1. The van der Waals surface area contributed by atoms with E-state index < -0.39 is 0 Å². The third kappa shape index (κ3) is 4.38. The third-order valence-corrected chi connectivity index (χ3v) is 4.77. The van der Waals surface area contributed by atoms with E-state index in [1.807, 2.05) is 12.1 Å². The molecule has 5 heteroatoms. The Kier molecular flexibility index (Phi) is 5.39. The van der Waals surface area contributed by atoms with Gasteiger partial charge in [0, 0.05) is 37.6 Å². The fraction of sp³-hybridized carbons (Fsp3) is 0.611. The summed E-state index contributed by atoms with van der Waals surface area (Å²) in [6.07, 6.45) is 6.43. The number of aliphatic hydroxyl groups is 1. The summed E-state index contributed by atoms with van der Waals surface area (Å²) >= 11 is 0. The van der Waals surface area contributed by atoms with Crippen molar-refractivity contribution in [2.75, 3.05) is 36.4 Å². The summed E-state index contributed by atoms with van der Waals surface area (Å²) in [5, 5.41) is 12.6. The molecule has 1 atom stereocenters. The Morgan fingerprint density at radius 3 is 2.35 bits per heavy atom. The topological polar surface area (TPSA) is 55.8 Å². The number of urea groups is 1. The molecule has 1 aromatic carbocycles. The van der Waals surface area contributed by atoms with Gasteiger partial charge < -0.3 is 20.2 Å². The first-order valence-electron chi connectivity index (χ1n) is 8.81. The molecule has 2 aliphatic heterocycles. The van der Waals surface area contributed by atoms with Crippen LogP contribution in [0.5, 0.6) is 0 Å². The highest BCUT2D eigenvalue weighted by molar-refractivity contribution is 5.89. The van der Waals surface area contributed by atoms with Crippen LogP contribution in [0.2, 0.25) is 0 Å². The Labute approximate surface area is 138 Å². The second kappa shape index (κ2) is 7.68. The molecule has 2 fully saturated rings. The van der Waals surface area contributed by atoms with E-state index in [1.165, 1.54) is 31.4 Å². The summed E-state index contributed by atoms with van der Waals surface area (Å²) in [6.45, 7) is 3.39. The molecule has 126 valence electrons. The van der Waals surface area contributed by atoms with Crippen molar-refractivity contribution >= 4 is 17.4 Å². The number of hydrogen-bond donors (Lipinski definition) is 2. The van der Waals surface area contributed by atoms with E-state index in [1.54, 1.807) is 4.90 Å². The van der Waals surface area contributed by atoms with Crippen LogP contribution < -0.4 is 10.2 Å². The normalized spacial score (nSPS) is 22.6. The highest BCUT2D eigenvalue weighted by Crippen LogP contribution is 2.22. The molecule has 2 amide bonds. The van der Waals surface area contributed by atoms with Crippen LogP contribution in [-0.2, 0) is 0 Å². The van der Waals surface area contributed by atoms with Crippen LogP contribution in [0.15, 0.2) is 24.3 Å². The zero-order valence-electron chi connectivity index (χ0n) is 13.7. The highest BCUT2D eigenvalue weighted by atomic mass is 16.3. The summed E-state index contributed by atoms with van der Waals surface area (Å²) in [4.78, 5) is 16.4. The lowest BCUT2D eigenvalue weighted by atomic mass is 10.1. The van der Waals surface area contributed by atoms with Gasteiger partial charge in [0.2, 0.25) is 0 Å². The second-order valence-electron chi connectivity index (χ2n) is 6.62. The number of nitrogens with one attached hydrogen (secondary N) is 1. The maximum Gasteiger partial charge on any atom is 0.321 e. The molecule has 0 radical (unpaired) electrons. The number of anilines is 2. The first kappa shape index (κ1) is 16.1. The molecule has 3 rings (SSSR count). The number of piperidine rings is 1. The van der Waals surface area contributed by atoms with Gasteiger partial charge in [-0.05, 0) is 49.9 Å². The second-order valence-corrected chi connectivity index (χ2v) is 6.62. The monoisotopic (exact) mass is 317 g/mol. The van der Waals surface area contributed by atoms with Crippen LogP contribution in [0.3, 0.4) is 0 Å². The van der Waals surface area contributed by atoms with Gasteiger partial charge in [0.1, 0.15) is 0 Å². The summed E-state index contributed by atoms with van der Waals surface area (Å²) in [6, 6.07) is 8.00. The van der Waals surface area contributed by atoms with Gasteiger partial charge >= 0.3 is 6.03 Å². The van der Waals surface area contributed by atoms with Crippen molar-refractivity contribution < 1.29 is 9.90 Å². The van der Waals surface area contributed by atoms with Crippen molar-refractivity contribution in [3.05, 3.63) is 24.3 Å². The van der Waals surface area contributed by atoms with E-state index in [0.29, 0.717) is 6.54 Å². The predicted molar refractivity (Wildman–Crippen MR) is 93.0 cm³/mol. The van der Waals surface area contributed by atoms with Crippen molar-refractivity contribution in [1.82, 2.24) is 4.90 Å². The van der Waals surface area contributed by atoms with Crippen molar-refractivity contribution in [3.8, 4) is 0 Å². The average Bonchev–Trinajstić information content (AvgIpc) is 2.85. The van der Waals surface area contributed by atoms with Crippen LogP contribution >= 0.6 is 0 Å². The number of carbonyl (C=O) groups is 1. The summed E-state index contributed by atoms with van der Waals surface area (Å²) in [7, 11) is 0. The summed E-state index contributed by atoms with van der Waals surface area (Å²) in [5.74, 6) is 0. The van der Waals surface area contributed by atoms with Crippen molar-refractivity contribution in [2.24, 2.45) is 0 Å². The number of hydrogen-bond acceptors (Lipinski definition) is 3. The Morgan fingerprint density at radius 1 is 1.00 bits per heavy atom. The van der Waals surface area contributed by atoms with E-state index in [-0.39, 0.29) is 12.1 Å². The van der Waals surface area contributed by atoms with E-state index in [2.05, 4.69) is 22.3 Å². The van der Waals surface area contributed by atoms with Crippen molar-refractivity contribution in [1.29, 1.82) is 0 Å². The molecule has 0 saturated carbocycles. The molecular weight excluding hydrogens is 290 g/mol. The molecular formula is C18H27N3O2. The number of aliphatic hydroxyl groups excluding tert-OH is 1. The van der Waals surface area contributed by atoms with E-state index in [9.17, 15) is 9.90 Å². The molecule has 5 nitrogen and oxygen atoms in total. The van der Waals surface area contributed by atoms with Gasteiger partial charge in [0.05, 0.1) is 6.10 Å². The molecule has 2 saturated heterocycles. The van der Waals surface area contributed by atoms with Crippen molar-refractivity contribution in [3.63, 3.8) is 0 Å². The van der Waals surface area contributed by atoms with E-state index in [0.717, 1.165) is 38.2 Å². The Bertz CT molecular complexity index is 510. The SMILES string of the molecule is O=C(Nc1ccc(N2CCCCCC2)cc1)N1CCC[C@@H](O)C1. The maximum absolute atomic E-state index is 12.2. The third-order valence-electron chi connectivity index (χ3n) is 4.77. The van der Waals surface area contributed by atoms with Gasteiger partial charge in [-0.2, -0.15) is 0 Å². The Morgan fingerprint density at radius 2 is 1.70 bits per heavy atom. The van der Waals surface area contributed by atoms with Gasteiger partial charge in [-0.25, -0.2) is 4.79 Å².